The number of carbonyl (C=O) groups is 1. The monoisotopic (exact) mass is 347 g/mol. The second-order valence-electron chi connectivity index (χ2n) is 4.92. The number of anilines is 1. The highest BCUT2D eigenvalue weighted by Crippen LogP contribution is 2.24. The highest BCUT2D eigenvalue weighted by atomic mass is 32.2. The molecule has 1 amide bonds. The predicted molar refractivity (Wildman–Crippen MR) is 94.5 cm³/mol. The van der Waals surface area contributed by atoms with Gasteiger partial charge in [-0.2, -0.15) is 0 Å². The van der Waals surface area contributed by atoms with Crippen LogP contribution in [0.1, 0.15) is 12.5 Å². The molecule has 1 atom stereocenters. The van der Waals surface area contributed by atoms with Crippen LogP contribution < -0.4 is 11.1 Å². The standard InChI is InChI=1S/C17H18FN3O2S/c1-11(17(22)20-14-5-3-4-6-15(14)24-2)23-21-16(19)12-7-9-13(18)10-8-12/h3-11H,1-2H3,(H2,19,21)(H,20,22). The van der Waals surface area contributed by atoms with Gasteiger partial charge in [0.1, 0.15) is 5.82 Å². The zero-order valence-corrected chi connectivity index (χ0v) is 14.1. The molecule has 5 nitrogen and oxygen atoms in total. The molecule has 0 fully saturated rings. The molecule has 0 spiro atoms. The number of para-hydroxylation sites is 1. The molecule has 0 radical (unpaired) electrons. The molecule has 1 unspecified atom stereocenters. The van der Waals surface area contributed by atoms with E-state index in [9.17, 15) is 9.18 Å². The van der Waals surface area contributed by atoms with Gasteiger partial charge in [0.15, 0.2) is 5.84 Å². The Bertz CT molecular complexity index is 735. The van der Waals surface area contributed by atoms with E-state index >= 15 is 0 Å². The average Bonchev–Trinajstić information content (AvgIpc) is 2.60. The number of rotatable bonds is 6. The molecule has 0 bridgehead atoms. The van der Waals surface area contributed by atoms with Crippen LogP contribution >= 0.6 is 11.8 Å². The SMILES string of the molecule is CSc1ccccc1NC(=O)C(C)O/N=C(\N)c1ccc(F)cc1. The highest BCUT2D eigenvalue weighted by Gasteiger charge is 2.16. The summed E-state index contributed by atoms with van der Waals surface area (Å²) in [4.78, 5) is 18.3. The first-order valence-corrected chi connectivity index (χ1v) is 8.43. The molecule has 2 aromatic rings. The third-order valence-corrected chi connectivity index (χ3v) is 3.98. The number of nitrogens with zero attached hydrogens (tertiary/aromatic N) is 1. The number of amidine groups is 1. The number of hydrogen-bond acceptors (Lipinski definition) is 4. The fourth-order valence-electron chi connectivity index (χ4n) is 1.84. The fraction of sp³-hybridized carbons (Fsp3) is 0.176. The van der Waals surface area contributed by atoms with E-state index in [1.165, 1.54) is 36.0 Å². The summed E-state index contributed by atoms with van der Waals surface area (Å²) >= 11 is 1.53. The maximum absolute atomic E-state index is 12.9. The number of nitrogens with one attached hydrogen (secondary N) is 1. The summed E-state index contributed by atoms with van der Waals surface area (Å²) in [6, 6.07) is 13.0. The van der Waals surface area contributed by atoms with Gasteiger partial charge < -0.3 is 15.9 Å². The molecule has 24 heavy (non-hydrogen) atoms. The van der Waals surface area contributed by atoms with Crippen molar-refractivity contribution in [1.82, 2.24) is 0 Å². The Morgan fingerprint density at radius 3 is 2.58 bits per heavy atom. The van der Waals surface area contributed by atoms with Crippen LogP contribution in [0.2, 0.25) is 0 Å². The molecule has 0 aliphatic carbocycles. The van der Waals surface area contributed by atoms with Gasteiger partial charge in [-0.05, 0) is 49.6 Å². The molecule has 0 aliphatic rings. The predicted octanol–water partition coefficient (Wildman–Crippen LogP) is 3.21. The number of benzene rings is 2. The number of amides is 1. The van der Waals surface area contributed by atoms with Crippen LogP contribution in [0.4, 0.5) is 10.1 Å². The Morgan fingerprint density at radius 1 is 1.25 bits per heavy atom. The number of carbonyl (C=O) groups excluding carboxylic acids is 1. The molecule has 0 heterocycles. The average molecular weight is 347 g/mol. The van der Waals surface area contributed by atoms with Gasteiger partial charge in [0.2, 0.25) is 6.10 Å². The third-order valence-electron chi connectivity index (χ3n) is 3.18. The van der Waals surface area contributed by atoms with Gasteiger partial charge in [-0.15, -0.1) is 11.8 Å². The Balaban J connectivity index is 1.98. The van der Waals surface area contributed by atoms with Crippen LogP contribution in [0.3, 0.4) is 0 Å². The fourth-order valence-corrected chi connectivity index (χ4v) is 2.39. The second kappa shape index (κ2) is 8.35. The van der Waals surface area contributed by atoms with Crippen molar-refractivity contribution in [2.24, 2.45) is 10.9 Å². The number of hydrogen-bond donors (Lipinski definition) is 2. The third kappa shape index (κ3) is 4.73. The largest absolute Gasteiger partial charge is 0.381 e. The summed E-state index contributed by atoms with van der Waals surface area (Å²) in [5.74, 6) is -0.640. The summed E-state index contributed by atoms with van der Waals surface area (Å²) in [5.41, 5.74) is 6.98. The number of oxime groups is 1. The van der Waals surface area contributed by atoms with E-state index in [-0.39, 0.29) is 17.6 Å². The van der Waals surface area contributed by atoms with Gasteiger partial charge >= 0.3 is 0 Å². The van der Waals surface area contributed by atoms with Gasteiger partial charge in [0.05, 0.1) is 5.69 Å². The van der Waals surface area contributed by atoms with Crippen molar-refractivity contribution in [3.8, 4) is 0 Å². The van der Waals surface area contributed by atoms with Gasteiger partial charge in [0, 0.05) is 10.5 Å². The van der Waals surface area contributed by atoms with E-state index in [0.717, 1.165) is 4.90 Å². The minimum Gasteiger partial charge on any atom is -0.381 e. The van der Waals surface area contributed by atoms with E-state index in [2.05, 4.69) is 10.5 Å². The number of nitrogens with two attached hydrogens (primary N) is 1. The molecule has 0 aliphatic heterocycles. The lowest BCUT2D eigenvalue weighted by Gasteiger charge is -2.13. The van der Waals surface area contributed by atoms with E-state index in [1.54, 1.807) is 6.92 Å². The molecular weight excluding hydrogens is 329 g/mol. The zero-order chi connectivity index (χ0) is 17.5. The molecular formula is C17H18FN3O2S. The van der Waals surface area contributed by atoms with Gasteiger partial charge in [-0.25, -0.2) is 4.39 Å². The van der Waals surface area contributed by atoms with Crippen LogP contribution in [0.25, 0.3) is 0 Å². The van der Waals surface area contributed by atoms with E-state index in [1.807, 2.05) is 30.5 Å². The summed E-state index contributed by atoms with van der Waals surface area (Å²) in [5, 5.41) is 6.52. The normalized spacial score (nSPS) is 12.5. The first-order chi connectivity index (χ1) is 11.5. The lowest BCUT2D eigenvalue weighted by Crippen LogP contribution is -2.27. The molecule has 2 rings (SSSR count). The zero-order valence-electron chi connectivity index (χ0n) is 13.3. The minimum atomic E-state index is -0.834. The topological polar surface area (TPSA) is 76.7 Å². The van der Waals surface area contributed by atoms with Crippen molar-refractivity contribution in [3.05, 3.63) is 59.9 Å². The van der Waals surface area contributed by atoms with Crippen molar-refractivity contribution in [1.29, 1.82) is 0 Å². The molecule has 0 saturated carbocycles. The van der Waals surface area contributed by atoms with E-state index in [0.29, 0.717) is 11.3 Å². The molecule has 7 heteroatoms. The van der Waals surface area contributed by atoms with Gasteiger partial charge in [-0.3, -0.25) is 4.79 Å². The van der Waals surface area contributed by atoms with Crippen LogP contribution in [-0.4, -0.2) is 24.1 Å². The molecule has 0 saturated heterocycles. The Kier molecular flexibility index (Phi) is 6.20. The quantitative estimate of drug-likeness (QED) is 0.364. The van der Waals surface area contributed by atoms with Gasteiger partial charge in [0.25, 0.3) is 5.91 Å². The summed E-state index contributed by atoms with van der Waals surface area (Å²) < 4.78 is 12.9. The van der Waals surface area contributed by atoms with Crippen molar-refractivity contribution in [2.45, 2.75) is 17.9 Å². The van der Waals surface area contributed by atoms with Crippen LogP contribution in [-0.2, 0) is 9.63 Å². The lowest BCUT2D eigenvalue weighted by molar-refractivity contribution is -0.126. The molecule has 126 valence electrons. The second-order valence-corrected chi connectivity index (χ2v) is 5.77. The summed E-state index contributed by atoms with van der Waals surface area (Å²) in [7, 11) is 0. The highest BCUT2D eigenvalue weighted by molar-refractivity contribution is 7.98. The maximum atomic E-state index is 12.9. The Hall–Kier alpha value is -2.54. The minimum absolute atomic E-state index is 0.0687. The summed E-state index contributed by atoms with van der Waals surface area (Å²) in [6.07, 6.45) is 1.09. The van der Waals surface area contributed by atoms with E-state index < -0.39 is 6.10 Å². The van der Waals surface area contributed by atoms with Crippen molar-refractivity contribution >= 4 is 29.2 Å². The maximum Gasteiger partial charge on any atom is 0.268 e. The van der Waals surface area contributed by atoms with E-state index in [4.69, 9.17) is 10.6 Å². The van der Waals surface area contributed by atoms with Crippen molar-refractivity contribution < 1.29 is 14.0 Å². The number of halogens is 1. The number of thioether (sulfide) groups is 1. The summed E-state index contributed by atoms with van der Waals surface area (Å²) in [6.45, 7) is 1.57. The smallest absolute Gasteiger partial charge is 0.268 e. The molecule has 0 aromatic heterocycles. The molecule has 2 aromatic carbocycles. The first kappa shape index (κ1) is 17.8. The Morgan fingerprint density at radius 2 is 1.92 bits per heavy atom. The Labute approximate surface area is 144 Å². The van der Waals surface area contributed by atoms with Crippen LogP contribution in [0, 0.1) is 5.82 Å². The van der Waals surface area contributed by atoms with Crippen molar-refractivity contribution in [3.63, 3.8) is 0 Å². The van der Waals surface area contributed by atoms with Gasteiger partial charge in [-0.1, -0.05) is 17.3 Å². The van der Waals surface area contributed by atoms with Crippen molar-refractivity contribution in [2.75, 3.05) is 11.6 Å². The van der Waals surface area contributed by atoms with Crippen LogP contribution in [0.5, 0.6) is 0 Å². The first-order valence-electron chi connectivity index (χ1n) is 7.20. The van der Waals surface area contributed by atoms with Crippen LogP contribution in [0.15, 0.2) is 58.6 Å². The lowest BCUT2D eigenvalue weighted by atomic mass is 10.2. The molecule has 3 N–H and O–H groups in total.